The first-order chi connectivity index (χ1) is 10.8. The predicted octanol–water partition coefficient (Wildman–Crippen LogP) is 2.42. The zero-order valence-electron chi connectivity index (χ0n) is 12.1. The molecule has 4 rings (SSSR count). The van der Waals surface area contributed by atoms with Crippen LogP contribution in [0.3, 0.4) is 0 Å². The van der Waals surface area contributed by atoms with E-state index < -0.39 is 0 Å². The molecule has 0 saturated heterocycles. The molecule has 1 aliphatic carbocycles. The zero-order chi connectivity index (χ0) is 14.9. The second-order valence-corrected chi connectivity index (χ2v) is 6.52. The van der Waals surface area contributed by atoms with Gasteiger partial charge in [0.15, 0.2) is 5.82 Å². The Morgan fingerprint density at radius 2 is 1.95 bits per heavy atom. The lowest BCUT2D eigenvalue weighted by molar-refractivity contribution is 0.613. The van der Waals surface area contributed by atoms with Crippen molar-refractivity contribution in [1.82, 2.24) is 19.3 Å². The Balaban J connectivity index is 1.64. The van der Waals surface area contributed by atoms with E-state index in [1.807, 2.05) is 34.9 Å². The first-order valence-corrected chi connectivity index (χ1v) is 8.30. The normalized spacial score (nSPS) is 14.0. The predicted molar refractivity (Wildman–Crippen MR) is 85.7 cm³/mol. The minimum Gasteiger partial charge on any atom is -0.295 e. The number of benzene rings is 1. The average molecular weight is 312 g/mol. The lowest BCUT2D eigenvalue weighted by Crippen LogP contribution is -2.19. The van der Waals surface area contributed by atoms with E-state index in [1.54, 1.807) is 11.0 Å². The third kappa shape index (κ3) is 2.39. The standard InChI is InChI=1S/C16H16N4OS/c21-16-19(13-8-4-5-9-14(13)22-16)10-15-17-11-20(18-15)12-6-2-1-3-7-12/h1-3,6-7,11H,4-5,8-10H2. The number of aryl methyl sites for hydroxylation is 1. The van der Waals surface area contributed by atoms with E-state index in [0.717, 1.165) is 24.9 Å². The highest BCUT2D eigenvalue weighted by atomic mass is 32.1. The Hall–Kier alpha value is -2.21. The van der Waals surface area contributed by atoms with Crippen LogP contribution in [-0.4, -0.2) is 19.3 Å². The summed E-state index contributed by atoms with van der Waals surface area (Å²) in [6.07, 6.45) is 6.08. The topological polar surface area (TPSA) is 52.7 Å². The summed E-state index contributed by atoms with van der Waals surface area (Å²) in [6, 6.07) is 9.87. The number of para-hydroxylation sites is 1. The van der Waals surface area contributed by atoms with Gasteiger partial charge in [-0.2, -0.15) is 0 Å². The number of hydrogen-bond acceptors (Lipinski definition) is 4. The molecule has 0 atom stereocenters. The molecular formula is C16H16N4OS. The van der Waals surface area contributed by atoms with Gasteiger partial charge >= 0.3 is 4.87 Å². The Bertz CT molecular complexity index is 847. The molecule has 0 unspecified atom stereocenters. The maximum Gasteiger partial charge on any atom is 0.307 e. The maximum absolute atomic E-state index is 12.2. The van der Waals surface area contributed by atoms with Crippen LogP contribution in [0, 0.1) is 0 Å². The van der Waals surface area contributed by atoms with E-state index in [4.69, 9.17) is 0 Å². The van der Waals surface area contributed by atoms with Gasteiger partial charge in [0.05, 0.1) is 12.2 Å². The summed E-state index contributed by atoms with van der Waals surface area (Å²) in [5.74, 6) is 0.678. The van der Waals surface area contributed by atoms with Crippen molar-refractivity contribution in [2.24, 2.45) is 0 Å². The fourth-order valence-corrected chi connectivity index (χ4v) is 3.98. The summed E-state index contributed by atoms with van der Waals surface area (Å²) in [5.41, 5.74) is 2.17. The van der Waals surface area contributed by atoms with Crippen LogP contribution < -0.4 is 4.87 Å². The number of thiazole rings is 1. The lowest BCUT2D eigenvalue weighted by Gasteiger charge is -2.12. The SMILES string of the molecule is O=c1sc2c(n1Cc1ncn(-c3ccccc3)n1)CCCC2. The van der Waals surface area contributed by atoms with Crippen LogP contribution in [0.4, 0.5) is 0 Å². The molecule has 0 spiro atoms. The van der Waals surface area contributed by atoms with Crippen LogP contribution >= 0.6 is 11.3 Å². The minimum atomic E-state index is 0.114. The summed E-state index contributed by atoms with van der Waals surface area (Å²) >= 11 is 1.38. The van der Waals surface area contributed by atoms with Gasteiger partial charge in [0.1, 0.15) is 6.33 Å². The number of nitrogens with zero attached hydrogens (tertiary/aromatic N) is 4. The molecule has 0 amide bonds. The van der Waals surface area contributed by atoms with Crippen LogP contribution in [0.2, 0.25) is 0 Å². The molecule has 0 aliphatic heterocycles. The fourth-order valence-electron chi connectivity index (χ4n) is 2.90. The molecule has 0 radical (unpaired) electrons. The first kappa shape index (κ1) is 13.5. The second kappa shape index (κ2) is 5.53. The Kier molecular flexibility index (Phi) is 3.38. The Morgan fingerprint density at radius 3 is 2.82 bits per heavy atom. The lowest BCUT2D eigenvalue weighted by atomic mass is 10.0. The van der Waals surface area contributed by atoms with Crippen LogP contribution in [0.25, 0.3) is 5.69 Å². The van der Waals surface area contributed by atoms with Crippen molar-refractivity contribution in [2.75, 3.05) is 0 Å². The summed E-state index contributed by atoms with van der Waals surface area (Å²) in [7, 11) is 0. The molecule has 22 heavy (non-hydrogen) atoms. The number of hydrogen-bond donors (Lipinski definition) is 0. The summed E-state index contributed by atoms with van der Waals surface area (Å²) in [5, 5.41) is 4.50. The molecule has 1 aliphatic rings. The smallest absolute Gasteiger partial charge is 0.295 e. The molecule has 0 fully saturated rings. The van der Waals surface area contributed by atoms with Gasteiger partial charge in [-0.25, -0.2) is 9.67 Å². The van der Waals surface area contributed by atoms with Crippen LogP contribution in [-0.2, 0) is 19.4 Å². The average Bonchev–Trinajstić information content (AvgIpc) is 3.14. The van der Waals surface area contributed by atoms with Crippen LogP contribution in [0.5, 0.6) is 0 Å². The van der Waals surface area contributed by atoms with Gasteiger partial charge in [-0.3, -0.25) is 9.36 Å². The molecule has 0 saturated carbocycles. The van der Waals surface area contributed by atoms with E-state index in [2.05, 4.69) is 10.1 Å². The molecular weight excluding hydrogens is 296 g/mol. The van der Waals surface area contributed by atoms with Gasteiger partial charge in [0.2, 0.25) is 0 Å². The zero-order valence-corrected chi connectivity index (χ0v) is 12.9. The molecule has 2 heterocycles. The van der Waals surface area contributed by atoms with Crippen LogP contribution in [0.1, 0.15) is 29.2 Å². The Morgan fingerprint density at radius 1 is 1.14 bits per heavy atom. The van der Waals surface area contributed by atoms with Gasteiger partial charge in [-0.15, -0.1) is 5.10 Å². The maximum atomic E-state index is 12.2. The van der Waals surface area contributed by atoms with Crippen molar-refractivity contribution in [2.45, 2.75) is 32.2 Å². The third-order valence-electron chi connectivity index (χ3n) is 4.01. The van der Waals surface area contributed by atoms with Gasteiger partial charge in [-0.05, 0) is 37.8 Å². The first-order valence-electron chi connectivity index (χ1n) is 7.48. The summed E-state index contributed by atoms with van der Waals surface area (Å²) in [6.45, 7) is 0.463. The van der Waals surface area contributed by atoms with Gasteiger partial charge in [0, 0.05) is 10.6 Å². The highest BCUT2D eigenvalue weighted by Crippen LogP contribution is 2.23. The highest BCUT2D eigenvalue weighted by molar-refractivity contribution is 7.09. The molecule has 2 aromatic heterocycles. The molecule has 5 nitrogen and oxygen atoms in total. The van der Waals surface area contributed by atoms with Gasteiger partial charge in [0.25, 0.3) is 0 Å². The van der Waals surface area contributed by atoms with Gasteiger partial charge in [-0.1, -0.05) is 29.5 Å². The molecule has 112 valence electrons. The van der Waals surface area contributed by atoms with Gasteiger partial charge < -0.3 is 0 Å². The summed E-state index contributed by atoms with van der Waals surface area (Å²) < 4.78 is 3.60. The molecule has 6 heteroatoms. The van der Waals surface area contributed by atoms with Crippen molar-refractivity contribution in [1.29, 1.82) is 0 Å². The van der Waals surface area contributed by atoms with E-state index in [0.29, 0.717) is 12.4 Å². The van der Waals surface area contributed by atoms with E-state index in [-0.39, 0.29) is 4.87 Å². The molecule has 0 N–H and O–H groups in total. The van der Waals surface area contributed by atoms with Crippen molar-refractivity contribution in [3.63, 3.8) is 0 Å². The monoisotopic (exact) mass is 312 g/mol. The van der Waals surface area contributed by atoms with Crippen molar-refractivity contribution in [3.8, 4) is 5.69 Å². The van der Waals surface area contributed by atoms with E-state index >= 15 is 0 Å². The minimum absolute atomic E-state index is 0.114. The van der Waals surface area contributed by atoms with Crippen molar-refractivity contribution in [3.05, 3.63) is 62.7 Å². The Labute approximate surface area is 131 Å². The van der Waals surface area contributed by atoms with Crippen molar-refractivity contribution >= 4 is 11.3 Å². The number of fused-ring (bicyclic) bond motifs is 1. The van der Waals surface area contributed by atoms with E-state index in [9.17, 15) is 4.79 Å². The molecule has 0 bridgehead atoms. The fraction of sp³-hybridized carbons (Fsp3) is 0.312. The summed E-state index contributed by atoms with van der Waals surface area (Å²) in [4.78, 5) is 17.9. The quantitative estimate of drug-likeness (QED) is 0.746. The number of rotatable bonds is 3. The molecule has 1 aromatic carbocycles. The second-order valence-electron chi connectivity index (χ2n) is 5.47. The molecule has 3 aromatic rings. The third-order valence-corrected chi connectivity index (χ3v) is 5.09. The largest absolute Gasteiger partial charge is 0.307 e. The highest BCUT2D eigenvalue weighted by Gasteiger charge is 2.19. The van der Waals surface area contributed by atoms with E-state index in [1.165, 1.54) is 28.3 Å². The number of aromatic nitrogens is 4. The van der Waals surface area contributed by atoms with Crippen molar-refractivity contribution < 1.29 is 0 Å². The van der Waals surface area contributed by atoms with Crippen LogP contribution in [0.15, 0.2) is 41.5 Å².